The van der Waals surface area contributed by atoms with Crippen molar-refractivity contribution in [3.63, 3.8) is 0 Å². The number of aliphatic hydroxyl groups is 1. The first-order valence-corrected chi connectivity index (χ1v) is 8.31. The second-order valence-electron chi connectivity index (χ2n) is 7.05. The first-order chi connectivity index (χ1) is 10.7. The third-order valence-corrected chi connectivity index (χ3v) is 3.93. The van der Waals surface area contributed by atoms with Crippen LogP contribution in [0.1, 0.15) is 39.2 Å². The predicted octanol–water partition coefficient (Wildman–Crippen LogP) is 2.19. The van der Waals surface area contributed by atoms with Crippen LogP contribution in [0.25, 0.3) is 5.57 Å². The van der Waals surface area contributed by atoms with Gasteiger partial charge in [-0.15, -0.1) is 0 Å². The molecular formula is C18H25ClNO3+. The maximum atomic E-state index is 11.5. The molecule has 1 aromatic rings. The van der Waals surface area contributed by atoms with Crippen LogP contribution in [0.3, 0.4) is 0 Å². The SMILES string of the molecule is CC(C)(C)[NH2+]C[C@@H](O)COc1cc(Cl)ccc1C1=CC(=O)CC1. The monoisotopic (exact) mass is 338 g/mol. The van der Waals surface area contributed by atoms with Crippen molar-refractivity contribution in [1.82, 2.24) is 0 Å². The number of halogens is 1. The first-order valence-electron chi connectivity index (χ1n) is 7.93. The van der Waals surface area contributed by atoms with Gasteiger partial charge in [-0.3, -0.25) is 4.79 Å². The fourth-order valence-electron chi connectivity index (χ4n) is 2.43. The van der Waals surface area contributed by atoms with Gasteiger partial charge in [-0.1, -0.05) is 11.6 Å². The highest BCUT2D eigenvalue weighted by Crippen LogP contribution is 2.34. The Kier molecular flexibility index (Phi) is 5.84. The Morgan fingerprint density at radius 3 is 2.70 bits per heavy atom. The Bertz CT molecular complexity index is 605. The minimum Gasteiger partial charge on any atom is -0.490 e. The summed E-state index contributed by atoms with van der Waals surface area (Å²) in [5.41, 5.74) is 1.92. The zero-order valence-electron chi connectivity index (χ0n) is 13.9. The van der Waals surface area contributed by atoms with Crippen LogP contribution in [0.2, 0.25) is 5.02 Å². The van der Waals surface area contributed by atoms with Crippen molar-refractivity contribution in [2.45, 2.75) is 45.3 Å². The zero-order chi connectivity index (χ0) is 17.0. The number of rotatable bonds is 6. The Hall–Kier alpha value is -1.36. The molecule has 0 bridgehead atoms. The minimum absolute atomic E-state index is 0.0667. The molecular weight excluding hydrogens is 314 g/mol. The summed E-state index contributed by atoms with van der Waals surface area (Å²) in [5.74, 6) is 0.758. The van der Waals surface area contributed by atoms with Crippen molar-refractivity contribution in [3.05, 3.63) is 34.9 Å². The molecule has 3 N–H and O–H groups in total. The summed E-state index contributed by atoms with van der Waals surface area (Å²) in [5, 5.41) is 12.7. The van der Waals surface area contributed by atoms with Crippen molar-refractivity contribution in [2.75, 3.05) is 13.2 Å². The van der Waals surface area contributed by atoms with E-state index < -0.39 is 6.10 Å². The van der Waals surface area contributed by atoms with Gasteiger partial charge in [0.05, 0.1) is 5.54 Å². The summed E-state index contributed by atoms with van der Waals surface area (Å²) in [6.45, 7) is 7.05. The average molecular weight is 339 g/mol. The number of hydrogen-bond donors (Lipinski definition) is 2. The third kappa shape index (κ3) is 5.65. The van der Waals surface area contributed by atoms with Crippen molar-refractivity contribution >= 4 is 23.0 Å². The predicted molar refractivity (Wildman–Crippen MR) is 91.7 cm³/mol. The van der Waals surface area contributed by atoms with Gasteiger partial charge in [0.2, 0.25) is 0 Å². The molecule has 0 unspecified atom stereocenters. The summed E-state index contributed by atoms with van der Waals surface area (Å²) < 4.78 is 5.79. The molecule has 0 spiro atoms. The second-order valence-corrected chi connectivity index (χ2v) is 7.48. The van der Waals surface area contributed by atoms with Gasteiger partial charge in [0.25, 0.3) is 0 Å². The number of quaternary nitrogens is 1. The van der Waals surface area contributed by atoms with E-state index >= 15 is 0 Å². The molecule has 126 valence electrons. The number of nitrogens with two attached hydrogens (primary N) is 1. The highest BCUT2D eigenvalue weighted by molar-refractivity contribution is 6.30. The van der Waals surface area contributed by atoms with Crippen LogP contribution in [-0.4, -0.2) is 35.7 Å². The molecule has 1 atom stereocenters. The lowest BCUT2D eigenvalue weighted by molar-refractivity contribution is -0.722. The molecule has 1 aliphatic carbocycles. The van der Waals surface area contributed by atoms with E-state index in [1.165, 1.54) is 0 Å². The molecule has 0 saturated heterocycles. The molecule has 0 aromatic heterocycles. The van der Waals surface area contributed by atoms with E-state index in [0.717, 1.165) is 17.6 Å². The Morgan fingerprint density at radius 2 is 2.09 bits per heavy atom. The Labute approximate surface area is 142 Å². The topological polar surface area (TPSA) is 63.1 Å². The number of carbonyl (C=O) groups is 1. The fraction of sp³-hybridized carbons (Fsp3) is 0.500. The van der Waals surface area contributed by atoms with Gasteiger partial charge in [-0.05, 0) is 57.0 Å². The van der Waals surface area contributed by atoms with Gasteiger partial charge in [0.1, 0.15) is 25.0 Å². The molecule has 5 heteroatoms. The number of carbonyl (C=O) groups excluding carboxylic acids is 1. The van der Waals surface area contributed by atoms with Crippen molar-refractivity contribution in [2.24, 2.45) is 0 Å². The lowest BCUT2D eigenvalue weighted by Gasteiger charge is -2.20. The average Bonchev–Trinajstić information content (AvgIpc) is 2.88. The van der Waals surface area contributed by atoms with Gasteiger partial charge in [-0.25, -0.2) is 0 Å². The van der Waals surface area contributed by atoms with Crippen LogP contribution < -0.4 is 10.1 Å². The fourth-order valence-corrected chi connectivity index (χ4v) is 2.60. The highest BCUT2D eigenvalue weighted by Gasteiger charge is 2.19. The zero-order valence-corrected chi connectivity index (χ0v) is 14.7. The maximum absolute atomic E-state index is 11.5. The molecule has 4 nitrogen and oxygen atoms in total. The number of hydrogen-bond acceptors (Lipinski definition) is 3. The van der Waals surface area contributed by atoms with Crippen molar-refractivity contribution < 1.29 is 20.0 Å². The highest BCUT2D eigenvalue weighted by atomic mass is 35.5. The molecule has 0 saturated carbocycles. The van der Waals surface area contributed by atoms with Crippen LogP contribution in [-0.2, 0) is 4.79 Å². The molecule has 23 heavy (non-hydrogen) atoms. The Balaban J connectivity index is 2.03. The molecule has 1 aromatic carbocycles. The van der Waals surface area contributed by atoms with E-state index in [1.807, 2.05) is 6.07 Å². The third-order valence-electron chi connectivity index (χ3n) is 3.70. The molecule has 0 radical (unpaired) electrons. The molecule has 0 fully saturated rings. The lowest BCUT2D eigenvalue weighted by Crippen LogP contribution is -2.96. The molecule has 0 aliphatic heterocycles. The number of benzene rings is 1. The largest absolute Gasteiger partial charge is 0.490 e. The van der Waals surface area contributed by atoms with E-state index in [1.54, 1.807) is 18.2 Å². The van der Waals surface area contributed by atoms with Gasteiger partial charge >= 0.3 is 0 Å². The summed E-state index contributed by atoms with van der Waals surface area (Å²) in [6.07, 6.45) is 2.36. The molecule has 0 amide bonds. The number of ketones is 1. The van der Waals surface area contributed by atoms with Crippen LogP contribution >= 0.6 is 11.6 Å². The van der Waals surface area contributed by atoms with Gasteiger partial charge < -0.3 is 15.2 Å². The van der Waals surface area contributed by atoms with E-state index in [0.29, 0.717) is 23.7 Å². The maximum Gasteiger partial charge on any atom is 0.156 e. The van der Waals surface area contributed by atoms with Gasteiger partial charge in [-0.2, -0.15) is 0 Å². The van der Waals surface area contributed by atoms with Crippen molar-refractivity contribution in [1.29, 1.82) is 0 Å². The van der Waals surface area contributed by atoms with Crippen LogP contribution in [0, 0.1) is 0 Å². The molecule has 1 aliphatic rings. The van der Waals surface area contributed by atoms with Crippen LogP contribution in [0.15, 0.2) is 24.3 Å². The van der Waals surface area contributed by atoms with Crippen LogP contribution in [0.4, 0.5) is 0 Å². The van der Waals surface area contributed by atoms with Gasteiger partial charge in [0.15, 0.2) is 5.78 Å². The van der Waals surface area contributed by atoms with E-state index in [2.05, 4.69) is 26.1 Å². The van der Waals surface area contributed by atoms with Crippen molar-refractivity contribution in [3.8, 4) is 5.75 Å². The summed E-state index contributed by atoms with van der Waals surface area (Å²) in [6, 6.07) is 5.40. The Morgan fingerprint density at radius 1 is 1.35 bits per heavy atom. The quantitative estimate of drug-likeness (QED) is 0.835. The molecule has 2 rings (SSSR count). The van der Waals surface area contributed by atoms with E-state index in [-0.39, 0.29) is 17.9 Å². The number of aliphatic hydroxyl groups excluding tert-OH is 1. The summed E-state index contributed by atoms with van der Waals surface area (Å²) in [7, 11) is 0. The lowest BCUT2D eigenvalue weighted by atomic mass is 10.0. The van der Waals surface area contributed by atoms with Crippen LogP contribution in [0.5, 0.6) is 5.75 Å². The van der Waals surface area contributed by atoms with E-state index in [9.17, 15) is 9.90 Å². The van der Waals surface area contributed by atoms with Gasteiger partial charge in [0, 0.05) is 17.0 Å². The summed E-state index contributed by atoms with van der Waals surface area (Å²) in [4.78, 5) is 11.5. The first kappa shape index (κ1) is 18.0. The summed E-state index contributed by atoms with van der Waals surface area (Å²) >= 11 is 6.05. The normalized spacial score (nSPS) is 16.4. The second kappa shape index (κ2) is 7.47. The number of ether oxygens (including phenoxy) is 1. The number of allylic oxidation sites excluding steroid dienone is 2. The van der Waals surface area contributed by atoms with E-state index in [4.69, 9.17) is 16.3 Å². The molecule has 0 heterocycles. The minimum atomic E-state index is -0.569. The standard InChI is InChI=1S/C18H24ClNO3/c1-18(2,3)20-10-15(22)11-23-17-9-13(19)5-7-16(17)12-4-6-14(21)8-12/h5,7-9,15,20,22H,4,6,10-11H2,1-3H3/p+1/t15-/m1/s1. The smallest absolute Gasteiger partial charge is 0.156 e.